The van der Waals surface area contributed by atoms with Crippen LogP contribution >= 0.6 is 0 Å². The molecule has 0 N–H and O–H groups in total. The molecule has 0 spiro atoms. The van der Waals surface area contributed by atoms with Gasteiger partial charge in [-0.05, 0) is 86.7 Å². The molecule has 0 bridgehead atoms. The number of benzene rings is 2. The molecule has 0 saturated carbocycles. The van der Waals surface area contributed by atoms with Gasteiger partial charge in [-0.15, -0.1) is 0 Å². The molecule has 0 atom stereocenters. The van der Waals surface area contributed by atoms with Crippen molar-refractivity contribution in [3.8, 4) is 11.1 Å². The van der Waals surface area contributed by atoms with Gasteiger partial charge in [0, 0.05) is 37.1 Å². The van der Waals surface area contributed by atoms with Crippen LogP contribution in [0, 0.1) is 6.92 Å². The van der Waals surface area contributed by atoms with Crippen LogP contribution in [0.3, 0.4) is 0 Å². The number of carbonyl (C=O) groups excluding carboxylic acids is 1. The smallest absolute Gasteiger partial charge is 0.410 e. The van der Waals surface area contributed by atoms with Crippen molar-refractivity contribution in [1.29, 1.82) is 0 Å². The molecular formula is C28H30N4O2. The summed E-state index contributed by atoms with van der Waals surface area (Å²) in [6.45, 7) is 8.95. The van der Waals surface area contributed by atoms with E-state index in [4.69, 9.17) is 9.72 Å². The zero-order valence-corrected chi connectivity index (χ0v) is 20.4. The molecule has 6 nitrogen and oxygen atoms in total. The van der Waals surface area contributed by atoms with E-state index in [9.17, 15) is 4.79 Å². The molecule has 1 aliphatic heterocycles. The Morgan fingerprint density at radius 2 is 1.82 bits per heavy atom. The number of carbonyl (C=O) groups is 1. The van der Waals surface area contributed by atoms with E-state index in [2.05, 4.69) is 66.8 Å². The van der Waals surface area contributed by atoms with Gasteiger partial charge in [0.15, 0.2) is 0 Å². The van der Waals surface area contributed by atoms with E-state index in [1.165, 1.54) is 22.3 Å². The standard InChI is InChI=1S/C28H30N4O2/c1-18-14-22(16-23-17-31(5)30-26(18)23)20-6-8-25-21(15-20)7-9-24(29-25)19-10-12-32(13-11-19)27(33)34-28(2,3)4/h6-10,14-17H,11-13H2,1-5H3. The zero-order chi connectivity index (χ0) is 24.0. The third kappa shape index (κ3) is 4.40. The summed E-state index contributed by atoms with van der Waals surface area (Å²) in [7, 11) is 1.95. The van der Waals surface area contributed by atoms with Gasteiger partial charge in [-0.3, -0.25) is 4.68 Å². The fourth-order valence-corrected chi connectivity index (χ4v) is 4.47. The van der Waals surface area contributed by atoms with Crippen LogP contribution in [-0.2, 0) is 11.8 Å². The predicted octanol–water partition coefficient (Wildman–Crippen LogP) is 6.12. The van der Waals surface area contributed by atoms with Crippen molar-refractivity contribution in [2.75, 3.05) is 13.1 Å². The van der Waals surface area contributed by atoms with Crippen molar-refractivity contribution in [2.45, 2.75) is 39.7 Å². The van der Waals surface area contributed by atoms with E-state index in [0.717, 1.165) is 33.9 Å². The van der Waals surface area contributed by atoms with Crippen molar-refractivity contribution >= 4 is 33.5 Å². The predicted molar refractivity (Wildman–Crippen MR) is 137 cm³/mol. The summed E-state index contributed by atoms with van der Waals surface area (Å²) in [6, 6.07) is 15.0. The van der Waals surface area contributed by atoms with Crippen LogP contribution < -0.4 is 0 Å². The molecule has 2 aromatic heterocycles. The van der Waals surface area contributed by atoms with E-state index < -0.39 is 5.60 Å². The topological polar surface area (TPSA) is 60.3 Å². The van der Waals surface area contributed by atoms with Crippen LogP contribution in [0.15, 0.2) is 54.7 Å². The Bertz CT molecular complexity index is 1440. The molecule has 2 aromatic carbocycles. The van der Waals surface area contributed by atoms with E-state index in [1.807, 2.05) is 32.5 Å². The first-order valence-corrected chi connectivity index (χ1v) is 11.7. The van der Waals surface area contributed by atoms with Crippen molar-refractivity contribution in [3.05, 3.63) is 66.0 Å². The van der Waals surface area contributed by atoms with Crippen molar-refractivity contribution in [3.63, 3.8) is 0 Å². The first-order valence-electron chi connectivity index (χ1n) is 11.7. The van der Waals surface area contributed by atoms with Gasteiger partial charge in [-0.25, -0.2) is 9.78 Å². The fraction of sp³-hybridized carbons (Fsp3) is 0.321. The van der Waals surface area contributed by atoms with Gasteiger partial charge >= 0.3 is 6.09 Å². The number of fused-ring (bicyclic) bond motifs is 2. The monoisotopic (exact) mass is 454 g/mol. The minimum Gasteiger partial charge on any atom is -0.444 e. The Kier molecular flexibility index (Phi) is 5.39. The minimum atomic E-state index is -0.484. The highest BCUT2D eigenvalue weighted by Gasteiger charge is 2.24. The Hall–Kier alpha value is -3.67. The molecule has 0 saturated heterocycles. The van der Waals surface area contributed by atoms with Gasteiger partial charge in [-0.2, -0.15) is 5.10 Å². The molecule has 0 aliphatic carbocycles. The molecule has 0 fully saturated rings. The number of aromatic nitrogens is 3. The molecule has 3 heterocycles. The lowest BCUT2D eigenvalue weighted by Crippen LogP contribution is -2.39. The average Bonchev–Trinajstić information content (AvgIpc) is 3.18. The minimum absolute atomic E-state index is 0.262. The molecule has 1 aliphatic rings. The van der Waals surface area contributed by atoms with E-state index in [0.29, 0.717) is 13.1 Å². The first kappa shape index (κ1) is 22.1. The first-order chi connectivity index (χ1) is 16.2. The highest BCUT2D eigenvalue weighted by atomic mass is 16.6. The summed E-state index contributed by atoms with van der Waals surface area (Å²) in [6.07, 6.45) is 4.64. The van der Waals surface area contributed by atoms with Gasteiger partial charge in [-0.1, -0.05) is 18.2 Å². The van der Waals surface area contributed by atoms with Crippen LogP contribution in [0.4, 0.5) is 4.79 Å². The van der Waals surface area contributed by atoms with E-state index in [-0.39, 0.29) is 6.09 Å². The number of hydrogen-bond acceptors (Lipinski definition) is 4. The van der Waals surface area contributed by atoms with Crippen LogP contribution in [-0.4, -0.2) is 44.4 Å². The Labute approximate surface area is 199 Å². The number of ether oxygens (including phenoxy) is 1. The summed E-state index contributed by atoms with van der Waals surface area (Å²) in [5.74, 6) is 0. The van der Waals surface area contributed by atoms with Crippen LogP contribution in [0.1, 0.15) is 38.4 Å². The number of nitrogens with zero attached hydrogens (tertiary/aromatic N) is 4. The van der Waals surface area contributed by atoms with Crippen LogP contribution in [0.2, 0.25) is 0 Å². The highest BCUT2D eigenvalue weighted by Crippen LogP contribution is 2.30. The van der Waals surface area contributed by atoms with Crippen LogP contribution in [0.5, 0.6) is 0 Å². The molecule has 174 valence electrons. The highest BCUT2D eigenvalue weighted by molar-refractivity contribution is 5.90. The number of amides is 1. The average molecular weight is 455 g/mol. The number of pyridine rings is 1. The second kappa shape index (κ2) is 8.28. The molecule has 6 heteroatoms. The maximum absolute atomic E-state index is 12.3. The summed E-state index contributed by atoms with van der Waals surface area (Å²) < 4.78 is 7.35. The third-order valence-electron chi connectivity index (χ3n) is 6.13. The second-order valence-corrected chi connectivity index (χ2v) is 10.0. The Balaban J connectivity index is 1.38. The number of rotatable bonds is 2. The van der Waals surface area contributed by atoms with Gasteiger partial charge in [0.1, 0.15) is 5.60 Å². The molecule has 0 radical (unpaired) electrons. The quantitative estimate of drug-likeness (QED) is 0.366. The summed E-state index contributed by atoms with van der Waals surface area (Å²) in [5.41, 5.74) is 7.19. The third-order valence-corrected chi connectivity index (χ3v) is 6.13. The normalized spacial score (nSPS) is 14.5. The van der Waals surface area contributed by atoms with Crippen LogP contribution in [0.25, 0.3) is 38.5 Å². The lowest BCUT2D eigenvalue weighted by molar-refractivity contribution is 0.0270. The summed E-state index contributed by atoms with van der Waals surface area (Å²) in [4.78, 5) is 19.0. The maximum atomic E-state index is 12.3. The van der Waals surface area contributed by atoms with Crippen molar-refractivity contribution in [2.24, 2.45) is 7.05 Å². The SMILES string of the molecule is Cc1cc(-c2ccc3nc(C4=CCN(C(=O)OC(C)(C)C)CC4)ccc3c2)cc2cn(C)nc12. The van der Waals surface area contributed by atoms with Gasteiger partial charge in [0.2, 0.25) is 0 Å². The molecule has 5 rings (SSSR count). The lowest BCUT2D eigenvalue weighted by Gasteiger charge is -2.29. The van der Waals surface area contributed by atoms with Gasteiger partial charge < -0.3 is 9.64 Å². The fourth-order valence-electron chi connectivity index (χ4n) is 4.47. The van der Waals surface area contributed by atoms with Gasteiger partial charge in [0.25, 0.3) is 0 Å². The maximum Gasteiger partial charge on any atom is 0.410 e. The molecule has 1 amide bonds. The lowest BCUT2D eigenvalue weighted by atomic mass is 9.98. The van der Waals surface area contributed by atoms with E-state index in [1.54, 1.807) is 4.90 Å². The van der Waals surface area contributed by atoms with Gasteiger partial charge in [0.05, 0.1) is 16.7 Å². The molecule has 34 heavy (non-hydrogen) atoms. The molecule has 0 unspecified atom stereocenters. The summed E-state index contributed by atoms with van der Waals surface area (Å²) >= 11 is 0. The molecule has 4 aromatic rings. The second-order valence-electron chi connectivity index (χ2n) is 10.0. The van der Waals surface area contributed by atoms with Crippen molar-refractivity contribution in [1.82, 2.24) is 19.7 Å². The molecular weight excluding hydrogens is 424 g/mol. The zero-order valence-electron chi connectivity index (χ0n) is 20.4. The largest absolute Gasteiger partial charge is 0.444 e. The summed E-state index contributed by atoms with van der Waals surface area (Å²) in [5, 5.41) is 6.81. The van der Waals surface area contributed by atoms with E-state index >= 15 is 0 Å². The van der Waals surface area contributed by atoms with Crippen molar-refractivity contribution < 1.29 is 9.53 Å². The Morgan fingerprint density at radius 1 is 1.03 bits per heavy atom. The number of aryl methyl sites for hydroxylation is 2. The Morgan fingerprint density at radius 3 is 2.56 bits per heavy atom. The number of hydrogen-bond donors (Lipinski definition) is 0.